The van der Waals surface area contributed by atoms with Gasteiger partial charge in [0.25, 0.3) is 0 Å². The van der Waals surface area contributed by atoms with Crippen molar-refractivity contribution < 1.29 is 4.79 Å². The Balaban J connectivity index is 1.95. The van der Waals surface area contributed by atoms with Gasteiger partial charge in [0, 0.05) is 24.8 Å². The van der Waals surface area contributed by atoms with Crippen LogP contribution in [0.25, 0.3) is 0 Å². The lowest BCUT2D eigenvalue weighted by Gasteiger charge is -2.04. The molecule has 0 aliphatic carbocycles. The normalized spacial score (nSPS) is 9.50. The summed E-state index contributed by atoms with van der Waals surface area (Å²) in [7, 11) is 0. The summed E-state index contributed by atoms with van der Waals surface area (Å²) in [4.78, 5) is 26.8. The van der Waals surface area contributed by atoms with Gasteiger partial charge in [-0.1, -0.05) is 0 Å². The van der Waals surface area contributed by atoms with E-state index in [0.29, 0.717) is 11.6 Å². The van der Waals surface area contributed by atoms with Crippen molar-refractivity contribution in [2.24, 2.45) is 0 Å². The molecule has 2 N–H and O–H groups in total. The molecule has 2 aromatic rings. The lowest BCUT2D eigenvalue weighted by molar-refractivity contribution is 0.262. The van der Waals surface area contributed by atoms with Crippen molar-refractivity contribution >= 4 is 17.7 Å². The summed E-state index contributed by atoms with van der Waals surface area (Å²) in [6, 6.07) is -0.444. The van der Waals surface area contributed by atoms with E-state index in [4.69, 9.17) is 0 Å². The Labute approximate surface area is 91.0 Å². The van der Waals surface area contributed by atoms with Gasteiger partial charge in [-0.3, -0.25) is 20.6 Å². The van der Waals surface area contributed by atoms with E-state index in [1.54, 1.807) is 0 Å². The molecule has 2 amide bonds. The van der Waals surface area contributed by atoms with Gasteiger partial charge >= 0.3 is 6.03 Å². The maximum absolute atomic E-state index is 11.4. The van der Waals surface area contributed by atoms with Gasteiger partial charge in [-0.05, 0) is 0 Å². The van der Waals surface area contributed by atoms with Crippen molar-refractivity contribution in [2.45, 2.75) is 0 Å². The fraction of sp³-hybridized carbons (Fsp3) is 0. The third-order valence-corrected chi connectivity index (χ3v) is 1.61. The van der Waals surface area contributed by atoms with Gasteiger partial charge in [0.05, 0.1) is 12.4 Å². The molecule has 2 aromatic heterocycles. The highest BCUT2D eigenvalue weighted by Crippen LogP contribution is 2.00. The molecule has 0 aliphatic rings. The second kappa shape index (κ2) is 4.78. The number of carbonyl (C=O) groups is 1. The van der Waals surface area contributed by atoms with Crippen LogP contribution in [0.15, 0.2) is 37.2 Å². The van der Waals surface area contributed by atoms with Crippen LogP contribution in [0.2, 0.25) is 0 Å². The number of anilines is 2. The third-order valence-electron chi connectivity index (χ3n) is 1.61. The molecule has 0 aliphatic heterocycles. The van der Waals surface area contributed by atoms with Crippen LogP contribution in [0.5, 0.6) is 0 Å². The highest BCUT2D eigenvalue weighted by atomic mass is 16.2. The zero-order chi connectivity index (χ0) is 11.2. The second-order valence-electron chi connectivity index (χ2n) is 2.76. The van der Waals surface area contributed by atoms with Gasteiger partial charge in [0.1, 0.15) is 0 Å². The first-order chi connectivity index (χ1) is 7.84. The Morgan fingerprint density at radius 3 is 1.75 bits per heavy atom. The molecule has 0 atom stereocenters. The first-order valence-corrected chi connectivity index (χ1v) is 4.44. The number of carbonyl (C=O) groups excluding carboxylic acids is 1. The van der Waals surface area contributed by atoms with E-state index in [0.717, 1.165) is 0 Å². The molecule has 0 saturated heterocycles. The smallest absolute Gasteiger partial charge is 0.291 e. The molecule has 2 heterocycles. The van der Waals surface area contributed by atoms with E-state index >= 15 is 0 Å². The minimum Gasteiger partial charge on any atom is -0.291 e. The minimum atomic E-state index is -0.444. The van der Waals surface area contributed by atoms with Gasteiger partial charge in [0.2, 0.25) is 0 Å². The zero-order valence-electron chi connectivity index (χ0n) is 8.16. The Bertz CT molecular complexity index is 416. The summed E-state index contributed by atoms with van der Waals surface area (Å²) in [6.07, 6.45) is 8.89. The van der Waals surface area contributed by atoms with Gasteiger partial charge < -0.3 is 0 Å². The van der Waals surface area contributed by atoms with E-state index in [-0.39, 0.29) is 0 Å². The van der Waals surface area contributed by atoms with Crippen LogP contribution in [0.1, 0.15) is 0 Å². The summed E-state index contributed by atoms with van der Waals surface area (Å²) in [5.41, 5.74) is 0. The molecular weight excluding hydrogens is 208 g/mol. The van der Waals surface area contributed by atoms with Crippen molar-refractivity contribution in [3.05, 3.63) is 37.2 Å². The maximum Gasteiger partial charge on any atom is 0.326 e. The predicted molar refractivity (Wildman–Crippen MR) is 56.7 cm³/mol. The molecule has 80 valence electrons. The molecule has 0 saturated carbocycles. The lowest BCUT2D eigenvalue weighted by atomic mass is 10.6. The quantitative estimate of drug-likeness (QED) is 0.778. The molecule has 7 heteroatoms. The summed E-state index contributed by atoms with van der Waals surface area (Å²) >= 11 is 0. The van der Waals surface area contributed by atoms with E-state index < -0.39 is 6.03 Å². The number of amides is 2. The molecule has 2 rings (SSSR count). The topological polar surface area (TPSA) is 92.7 Å². The van der Waals surface area contributed by atoms with Crippen LogP contribution >= 0.6 is 0 Å². The van der Waals surface area contributed by atoms with Crippen molar-refractivity contribution in [3.63, 3.8) is 0 Å². The number of urea groups is 1. The molecule has 0 aromatic carbocycles. The number of nitrogens with one attached hydrogen (secondary N) is 2. The highest BCUT2D eigenvalue weighted by Gasteiger charge is 2.03. The molecule has 0 radical (unpaired) electrons. The Morgan fingerprint density at radius 2 is 1.38 bits per heavy atom. The first kappa shape index (κ1) is 9.97. The molecular formula is C9H8N6O. The van der Waals surface area contributed by atoms with Crippen molar-refractivity contribution in [2.75, 3.05) is 10.6 Å². The second-order valence-corrected chi connectivity index (χ2v) is 2.76. The maximum atomic E-state index is 11.4. The van der Waals surface area contributed by atoms with Crippen LogP contribution < -0.4 is 10.6 Å². The average Bonchev–Trinajstić information content (AvgIpc) is 2.31. The van der Waals surface area contributed by atoms with Crippen LogP contribution in [0, 0.1) is 0 Å². The Hall–Kier alpha value is -2.57. The van der Waals surface area contributed by atoms with Crippen molar-refractivity contribution in [3.8, 4) is 0 Å². The van der Waals surface area contributed by atoms with E-state index in [1.807, 2.05) is 0 Å². The summed E-state index contributed by atoms with van der Waals surface area (Å²) in [5.74, 6) is 0.729. The first-order valence-electron chi connectivity index (χ1n) is 4.44. The molecule has 0 spiro atoms. The fourth-order valence-electron chi connectivity index (χ4n) is 0.991. The number of aromatic nitrogens is 4. The van der Waals surface area contributed by atoms with Gasteiger partial charge in [-0.25, -0.2) is 14.8 Å². The lowest BCUT2D eigenvalue weighted by Crippen LogP contribution is -2.20. The predicted octanol–water partition coefficient (Wildman–Crippen LogP) is 0.911. The summed E-state index contributed by atoms with van der Waals surface area (Å²) < 4.78 is 0. The Morgan fingerprint density at radius 1 is 0.875 bits per heavy atom. The summed E-state index contributed by atoms with van der Waals surface area (Å²) in [6.45, 7) is 0. The van der Waals surface area contributed by atoms with E-state index in [2.05, 4.69) is 30.6 Å². The highest BCUT2D eigenvalue weighted by molar-refractivity contribution is 5.98. The SMILES string of the molecule is O=C(Nc1cnccn1)Nc1cnccn1. The van der Waals surface area contributed by atoms with E-state index in [9.17, 15) is 4.79 Å². The summed E-state index contributed by atoms with van der Waals surface area (Å²) in [5, 5.41) is 5.00. The fourth-order valence-corrected chi connectivity index (χ4v) is 0.991. The standard InChI is InChI=1S/C9H8N6O/c16-9(14-7-5-10-1-3-12-7)15-8-6-11-2-4-13-8/h1-6H,(H2,12,13,14,15,16). The number of nitrogens with zero attached hydrogens (tertiary/aromatic N) is 4. The van der Waals surface area contributed by atoms with Crippen LogP contribution in [-0.2, 0) is 0 Å². The number of hydrogen-bond acceptors (Lipinski definition) is 5. The minimum absolute atomic E-state index is 0.365. The number of rotatable bonds is 2. The molecule has 0 unspecified atom stereocenters. The molecule has 0 bridgehead atoms. The average molecular weight is 216 g/mol. The molecule has 0 fully saturated rings. The van der Waals surface area contributed by atoms with Crippen molar-refractivity contribution in [1.82, 2.24) is 19.9 Å². The molecule has 7 nitrogen and oxygen atoms in total. The third kappa shape index (κ3) is 2.71. The largest absolute Gasteiger partial charge is 0.326 e. The van der Waals surface area contributed by atoms with Gasteiger partial charge in [-0.15, -0.1) is 0 Å². The van der Waals surface area contributed by atoms with E-state index in [1.165, 1.54) is 37.2 Å². The van der Waals surface area contributed by atoms with Gasteiger partial charge in [0.15, 0.2) is 11.6 Å². The Kier molecular flexibility index (Phi) is 2.98. The molecule has 16 heavy (non-hydrogen) atoms. The van der Waals surface area contributed by atoms with Crippen LogP contribution in [0.4, 0.5) is 16.4 Å². The number of hydrogen-bond donors (Lipinski definition) is 2. The van der Waals surface area contributed by atoms with Gasteiger partial charge in [-0.2, -0.15) is 0 Å². The zero-order valence-corrected chi connectivity index (χ0v) is 8.16. The van der Waals surface area contributed by atoms with Crippen molar-refractivity contribution in [1.29, 1.82) is 0 Å². The monoisotopic (exact) mass is 216 g/mol. The van der Waals surface area contributed by atoms with Crippen LogP contribution in [0.3, 0.4) is 0 Å². The van der Waals surface area contributed by atoms with Crippen LogP contribution in [-0.4, -0.2) is 26.0 Å².